The maximum absolute atomic E-state index is 12.1. The number of nitrogens with one attached hydrogen (secondary N) is 1. The smallest absolute Gasteiger partial charge is 0.286 e. The van der Waals surface area contributed by atoms with E-state index in [2.05, 4.69) is 26.2 Å². The molecule has 8 heteroatoms. The van der Waals surface area contributed by atoms with Gasteiger partial charge >= 0.3 is 0 Å². The Balaban J connectivity index is 1.81. The predicted molar refractivity (Wildman–Crippen MR) is 123 cm³/mol. The number of rotatable bonds is 6. The van der Waals surface area contributed by atoms with Crippen molar-refractivity contribution in [3.05, 3.63) is 62.5 Å². The number of ether oxygens (including phenoxy) is 2. The van der Waals surface area contributed by atoms with Gasteiger partial charge in [0, 0.05) is 6.92 Å². The molecule has 0 aliphatic carbocycles. The van der Waals surface area contributed by atoms with Crippen LogP contribution in [-0.4, -0.2) is 23.6 Å². The first-order valence-corrected chi connectivity index (χ1v) is 10.9. The Labute approximate surface area is 187 Å². The molecule has 0 radical (unpaired) electrons. The van der Waals surface area contributed by atoms with Gasteiger partial charge in [-0.15, -0.1) is 0 Å². The van der Waals surface area contributed by atoms with E-state index in [9.17, 15) is 9.59 Å². The second kappa shape index (κ2) is 9.95. The van der Waals surface area contributed by atoms with Gasteiger partial charge in [0.25, 0.3) is 5.91 Å². The van der Waals surface area contributed by atoms with E-state index in [4.69, 9.17) is 9.47 Å². The molecule has 1 aliphatic rings. The van der Waals surface area contributed by atoms with Gasteiger partial charge in [0.2, 0.25) is 5.91 Å². The fourth-order valence-corrected chi connectivity index (χ4v) is 4.11. The molecule has 2 amide bonds. The maximum Gasteiger partial charge on any atom is 0.286 e. The number of aliphatic imine (C=N–C) groups is 1. The molecular formula is C22H21BrN2O4S. The first-order chi connectivity index (χ1) is 14.4. The highest BCUT2D eigenvalue weighted by atomic mass is 79.9. The van der Waals surface area contributed by atoms with Crippen LogP contribution in [0.15, 0.2) is 50.8 Å². The standard InChI is InChI=1S/C22H21BrN2O4S/c1-4-28-18-10-16(11-19-21(27)25-22(30-19)24-14(3)26)9-17(23)20(18)29-12-15-7-5-13(2)6-8-15/h5-11H,4,12H2,1-3H3,(H,24,25,26,27)/b19-11+. The van der Waals surface area contributed by atoms with Gasteiger partial charge in [0.15, 0.2) is 16.7 Å². The van der Waals surface area contributed by atoms with Crippen LogP contribution in [-0.2, 0) is 16.2 Å². The second-order valence-electron chi connectivity index (χ2n) is 6.55. The SMILES string of the molecule is CCOc1cc(/C=C2/SC(NC(C)=O)=NC2=O)cc(Br)c1OCc1ccc(C)cc1. The van der Waals surface area contributed by atoms with Gasteiger partial charge in [-0.1, -0.05) is 29.8 Å². The van der Waals surface area contributed by atoms with Gasteiger partial charge in [0.1, 0.15) is 6.61 Å². The zero-order chi connectivity index (χ0) is 21.7. The Kier molecular flexibility index (Phi) is 7.33. The van der Waals surface area contributed by atoms with Crippen LogP contribution in [0.1, 0.15) is 30.5 Å². The Bertz CT molecular complexity index is 1030. The monoisotopic (exact) mass is 488 g/mol. The number of halogens is 1. The molecule has 0 atom stereocenters. The van der Waals surface area contributed by atoms with Crippen LogP contribution in [0.4, 0.5) is 0 Å². The van der Waals surface area contributed by atoms with Crippen LogP contribution in [0, 0.1) is 6.92 Å². The van der Waals surface area contributed by atoms with Crippen LogP contribution < -0.4 is 14.8 Å². The van der Waals surface area contributed by atoms with Crippen LogP contribution >= 0.6 is 27.7 Å². The number of aryl methyl sites for hydroxylation is 1. The zero-order valence-electron chi connectivity index (χ0n) is 16.8. The average Bonchev–Trinajstić information content (AvgIpc) is 3.01. The fraction of sp³-hybridized carbons (Fsp3) is 0.227. The van der Waals surface area contributed by atoms with Crippen molar-refractivity contribution in [1.29, 1.82) is 0 Å². The molecule has 6 nitrogen and oxygen atoms in total. The van der Waals surface area contributed by atoms with E-state index in [1.54, 1.807) is 6.08 Å². The molecule has 1 aliphatic heterocycles. The summed E-state index contributed by atoms with van der Waals surface area (Å²) in [6.45, 7) is 6.18. The van der Waals surface area contributed by atoms with Gasteiger partial charge in [0.05, 0.1) is 16.0 Å². The van der Waals surface area contributed by atoms with Crippen molar-refractivity contribution < 1.29 is 19.1 Å². The number of amidine groups is 1. The highest BCUT2D eigenvalue weighted by molar-refractivity contribution is 9.10. The summed E-state index contributed by atoms with van der Waals surface area (Å²) in [4.78, 5) is 27.6. The molecule has 3 rings (SSSR count). The summed E-state index contributed by atoms with van der Waals surface area (Å²) < 4.78 is 12.5. The fourth-order valence-electron chi connectivity index (χ4n) is 2.68. The number of hydrogen-bond acceptors (Lipinski definition) is 5. The Hall–Kier alpha value is -2.58. The van der Waals surface area contributed by atoms with Gasteiger partial charge in [-0.2, -0.15) is 4.99 Å². The molecule has 1 N–H and O–H groups in total. The van der Waals surface area contributed by atoms with E-state index < -0.39 is 5.91 Å². The third-order valence-electron chi connectivity index (χ3n) is 4.04. The summed E-state index contributed by atoms with van der Waals surface area (Å²) in [5, 5.41) is 2.81. The van der Waals surface area contributed by atoms with Gasteiger partial charge in [-0.05, 0) is 70.9 Å². The highest BCUT2D eigenvalue weighted by Gasteiger charge is 2.23. The summed E-state index contributed by atoms with van der Waals surface area (Å²) in [6.07, 6.45) is 1.71. The first-order valence-electron chi connectivity index (χ1n) is 9.30. The molecular weight excluding hydrogens is 468 g/mol. The summed E-state index contributed by atoms with van der Waals surface area (Å²) in [5.74, 6) is 0.508. The largest absolute Gasteiger partial charge is 0.490 e. The number of thioether (sulfide) groups is 1. The lowest BCUT2D eigenvalue weighted by molar-refractivity contribution is -0.117. The molecule has 0 fully saturated rings. The van der Waals surface area contributed by atoms with Crippen LogP contribution in [0.3, 0.4) is 0 Å². The van der Waals surface area contributed by atoms with Gasteiger partial charge in [-0.25, -0.2) is 0 Å². The third kappa shape index (κ3) is 5.73. The van der Waals surface area contributed by atoms with E-state index in [-0.39, 0.29) is 11.1 Å². The van der Waals surface area contributed by atoms with E-state index >= 15 is 0 Å². The van der Waals surface area contributed by atoms with Crippen molar-refractivity contribution >= 4 is 50.7 Å². The lowest BCUT2D eigenvalue weighted by Gasteiger charge is -2.15. The number of nitrogens with zero attached hydrogens (tertiary/aromatic N) is 1. The molecule has 2 aromatic carbocycles. The molecule has 0 aromatic heterocycles. The summed E-state index contributed by atoms with van der Waals surface area (Å²) in [7, 11) is 0. The molecule has 156 valence electrons. The number of carbonyl (C=O) groups is 2. The van der Waals surface area contributed by atoms with Crippen molar-refractivity contribution in [3.63, 3.8) is 0 Å². The second-order valence-corrected chi connectivity index (χ2v) is 8.44. The minimum Gasteiger partial charge on any atom is -0.490 e. The minimum absolute atomic E-state index is 0.272. The minimum atomic E-state index is -0.391. The zero-order valence-corrected chi connectivity index (χ0v) is 19.2. The number of benzene rings is 2. The van der Waals surface area contributed by atoms with E-state index in [0.29, 0.717) is 34.1 Å². The Morgan fingerprint density at radius 3 is 2.63 bits per heavy atom. The topological polar surface area (TPSA) is 77.0 Å². The molecule has 1 heterocycles. The van der Waals surface area contributed by atoms with Crippen LogP contribution in [0.25, 0.3) is 6.08 Å². The molecule has 0 unspecified atom stereocenters. The normalized spacial score (nSPS) is 14.6. The molecule has 2 aromatic rings. The van der Waals surface area contributed by atoms with Crippen LogP contribution in [0.5, 0.6) is 11.5 Å². The summed E-state index contributed by atoms with van der Waals surface area (Å²) in [5.41, 5.74) is 3.00. The van der Waals surface area contributed by atoms with E-state index in [1.165, 1.54) is 12.5 Å². The van der Waals surface area contributed by atoms with Crippen LogP contribution in [0.2, 0.25) is 0 Å². The molecule has 0 spiro atoms. The molecule has 0 saturated carbocycles. The number of hydrogen-bond donors (Lipinski definition) is 1. The van der Waals surface area contributed by atoms with Crippen molar-refractivity contribution in [2.75, 3.05) is 6.61 Å². The lowest BCUT2D eigenvalue weighted by Crippen LogP contribution is -2.23. The van der Waals surface area contributed by atoms with Gasteiger partial charge < -0.3 is 14.8 Å². The van der Waals surface area contributed by atoms with Crippen molar-refractivity contribution in [2.45, 2.75) is 27.4 Å². The summed E-state index contributed by atoms with van der Waals surface area (Å²) in [6, 6.07) is 11.8. The highest BCUT2D eigenvalue weighted by Crippen LogP contribution is 2.39. The molecule has 0 saturated heterocycles. The van der Waals surface area contributed by atoms with E-state index in [0.717, 1.165) is 22.9 Å². The van der Waals surface area contributed by atoms with Gasteiger partial charge in [-0.3, -0.25) is 9.59 Å². The average molecular weight is 489 g/mol. The number of carbonyl (C=O) groups excluding carboxylic acids is 2. The van der Waals surface area contributed by atoms with Crippen molar-refractivity contribution in [1.82, 2.24) is 5.32 Å². The van der Waals surface area contributed by atoms with Crippen molar-refractivity contribution in [2.24, 2.45) is 4.99 Å². The lowest BCUT2D eigenvalue weighted by atomic mass is 10.1. The molecule has 30 heavy (non-hydrogen) atoms. The Morgan fingerprint density at radius 1 is 1.23 bits per heavy atom. The Morgan fingerprint density at radius 2 is 1.97 bits per heavy atom. The molecule has 0 bridgehead atoms. The van der Waals surface area contributed by atoms with E-state index in [1.807, 2.05) is 50.2 Å². The predicted octanol–water partition coefficient (Wildman–Crippen LogP) is 4.84. The first kappa shape index (κ1) is 22.1. The number of amides is 2. The van der Waals surface area contributed by atoms with Crippen molar-refractivity contribution in [3.8, 4) is 11.5 Å². The third-order valence-corrected chi connectivity index (χ3v) is 5.52. The quantitative estimate of drug-likeness (QED) is 0.588. The maximum atomic E-state index is 12.1. The summed E-state index contributed by atoms with van der Waals surface area (Å²) >= 11 is 4.67.